The number of esters is 1. The summed E-state index contributed by atoms with van der Waals surface area (Å²) < 4.78 is 4.87. The number of nitrogens with one attached hydrogen (secondary N) is 1. The van der Waals surface area contributed by atoms with Crippen molar-refractivity contribution in [1.82, 2.24) is 9.80 Å². The molecule has 1 N–H and O–H groups in total. The van der Waals surface area contributed by atoms with Crippen LogP contribution in [0.15, 0.2) is 24.3 Å². The zero-order valence-electron chi connectivity index (χ0n) is 20.1. The Balaban J connectivity index is 1.63. The van der Waals surface area contributed by atoms with Gasteiger partial charge in [0.15, 0.2) is 5.78 Å². The summed E-state index contributed by atoms with van der Waals surface area (Å²) in [4.78, 5) is 55.2. The van der Waals surface area contributed by atoms with Gasteiger partial charge in [-0.1, -0.05) is 0 Å². The molecule has 1 aliphatic rings. The molecule has 0 spiro atoms. The Morgan fingerprint density at radius 3 is 2.21 bits per heavy atom. The van der Waals surface area contributed by atoms with E-state index in [0.29, 0.717) is 34.1 Å². The third kappa shape index (κ3) is 5.63. The normalized spacial score (nSPS) is 14.0. The van der Waals surface area contributed by atoms with Crippen molar-refractivity contribution < 1.29 is 23.9 Å². The number of rotatable bonds is 7. The highest BCUT2D eigenvalue weighted by Gasteiger charge is 2.28. The Bertz CT molecular complexity index is 1090. The minimum atomic E-state index is -0.591. The number of anilines is 2. The number of benzene rings is 1. The largest absolute Gasteiger partial charge is 0.465 e. The van der Waals surface area contributed by atoms with Gasteiger partial charge in [-0.3, -0.25) is 19.3 Å². The van der Waals surface area contributed by atoms with E-state index in [-0.39, 0.29) is 29.7 Å². The molecule has 182 valence electrons. The Hall–Kier alpha value is -3.24. The summed E-state index contributed by atoms with van der Waals surface area (Å²) >= 11 is 1.08. The topological polar surface area (TPSA) is 99.3 Å². The molecule has 10 heteroatoms. The van der Waals surface area contributed by atoms with E-state index in [4.69, 9.17) is 4.74 Å². The maximum absolute atomic E-state index is 12.8. The number of carbonyl (C=O) groups is 4. The third-order valence-electron chi connectivity index (χ3n) is 5.77. The van der Waals surface area contributed by atoms with Crippen LogP contribution in [0.2, 0.25) is 0 Å². The number of piperazine rings is 1. The number of ether oxygens (including phenoxy) is 1. The van der Waals surface area contributed by atoms with Crippen LogP contribution in [0.3, 0.4) is 0 Å². The molecule has 34 heavy (non-hydrogen) atoms. The Morgan fingerprint density at radius 1 is 1.06 bits per heavy atom. The molecule has 0 radical (unpaired) electrons. The second kappa shape index (κ2) is 10.8. The lowest BCUT2D eigenvalue weighted by molar-refractivity contribution is -0.117. The molecule has 1 aliphatic heterocycles. The zero-order chi connectivity index (χ0) is 25.0. The molecule has 0 unspecified atom stereocenters. The van der Waals surface area contributed by atoms with E-state index in [1.165, 1.54) is 12.0 Å². The van der Waals surface area contributed by atoms with E-state index >= 15 is 0 Å². The number of carbonyl (C=O) groups excluding carboxylic acids is 4. The van der Waals surface area contributed by atoms with E-state index in [9.17, 15) is 19.2 Å². The van der Waals surface area contributed by atoms with Gasteiger partial charge in [-0.2, -0.15) is 0 Å². The number of Topliss-reactive ketones (excluding diaryl/α,β-unsaturated/α-hetero) is 1. The predicted molar refractivity (Wildman–Crippen MR) is 132 cm³/mol. The molecule has 2 amide bonds. The van der Waals surface area contributed by atoms with Crippen LogP contribution < -0.4 is 10.2 Å². The van der Waals surface area contributed by atoms with Crippen LogP contribution in [0.25, 0.3) is 0 Å². The van der Waals surface area contributed by atoms with E-state index in [0.717, 1.165) is 30.1 Å². The molecule has 1 fully saturated rings. The average molecular weight is 487 g/mol. The first kappa shape index (κ1) is 25.4. The number of methoxy groups -OCH3 is 1. The molecule has 0 aliphatic carbocycles. The van der Waals surface area contributed by atoms with Crippen LogP contribution in [0.4, 0.5) is 10.7 Å². The smallest absolute Gasteiger partial charge is 0.341 e. The van der Waals surface area contributed by atoms with Crippen LogP contribution in [-0.2, 0) is 9.53 Å². The Morgan fingerprint density at radius 2 is 1.68 bits per heavy atom. The highest BCUT2D eigenvalue weighted by Crippen LogP contribution is 2.34. The minimum Gasteiger partial charge on any atom is -0.465 e. The van der Waals surface area contributed by atoms with Crippen LogP contribution in [-0.4, -0.2) is 87.3 Å². The van der Waals surface area contributed by atoms with Crippen LogP contribution in [0.5, 0.6) is 0 Å². The fraction of sp³-hybridized carbons (Fsp3) is 0.417. The highest BCUT2D eigenvalue weighted by atomic mass is 32.1. The van der Waals surface area contributed by atoms with Crippen molar-refractivity contribution in [3.8, 4) is 0 Å². The van der Waals surface area contributed by atoms with E-state index < -0.39 is 5.97 Å². The molecule has 0 saturated carbocycles. The average Bonchev–Trinajstić information content (AvgIpc) is 3.13. The molecular weight excluding hydrogens is 456 g/mol. The third-order valence-corrected chi connectivity index (χ3v) is 6.96. The summed E-state index contributed by atoms with van der Waals surface area (Å²) in [5, 5.41) is 3.13. The first-order valence-corrected chi connectivity index (χ1v) is 11.8. The summed E-state index contributed by atoms with van der Waals surface area (Å²) in [7, 11) is 4.54. The van der Waals surface area contributed by atoms with E-state index in [1.807, 2.05) is 29.2 Å². The molecule has 0 bridgehead atoms. The van der Waals surface area contributed by atoms with Gasteiger partial charge in [-0.05, 0) is 43.7 Å². The van der Waals surface area contributed by atoms with Gasteiger partial charge >= 0.3 is 5.97 Å². The van der Waals surface area contributed by atoms with Crippen LogP contribution >= 0.6 is 11.3 Å². The van der Waals surface area contributed by atoms with Gasteiger partial charge in [-0.25, -0.2) is 4.79 Å². The number of thiophene rings is 1. The standard InChI is InChI=1S/C24H30N4O5S/c1-15-20(24(32)33-5)22(34-21(15)23(31)26(3)4)25-19(30)14-27-10-12-28(13-11-27)18-8-6-17(7-9-18)16(2)29/h6-9H,10-14H2,1-5H3,(H,25,30). The molecule has 1 saturated heterocycles. The lowest BCUT2D eigenvalue weighted by atomic mass is 10.1. The van der Waals surface area contributed by atoms with Crippen LogP contribution in [0.1, 0.15) is 42.9 Å². The maximum Gasteiger partial charge on any atom is 0.341 e. The lowest BCUT2D eigenvalue weighted by Crippen LogP contribution is -2.48. The van der Waals surface area contributed by atoms with Gasteiger partial charge in [-0.15, -0.1) is 11.3 Å². The zero-order valence-corrected chi connectivity index (χ0v) is 21.0. The van der Waals surface area contributed by atoms with Gasteiger partial charge in [0, 0.05) is 51.5 Å². The summed E-state index contributed by atoms with van der Waals surface area (Å²) in [6.45, 7) is 6.28. The number of hydrogen-bond acceptors (Lipinski definition) is 8. The van der Waals surface area contributed by atoms with Crippen molar-refractivity contribution in [1.29, 1.82) is 0 Å². The number of amides is 2. The second-order valence-corrected chi connectivity index (χ2v) is 9.39. The fourth-order valence-electron chi connectivity index (χ4n) is 3.80. The molecule has 2 aromatic rings. The SMILES string of the molecule is COC(=O)c1c(NC(=O)CN2CCN(c3ccc(C(C)=O)cc3)CC2)sc(C(=O)N(C)C)c1C. The number of hydrogen-bond donors (Lipinski definition) is 1. The van der Waals surface area contributed by atoms with Gasteiger partial charge < -0.3 is 19.9 Å². The van der Waals surface area contributed by atoms with Gasteiger partial charge in [0.1, 0.15) is 5.00 Å². The molecule has 0 atom stereocenters. The molecule has 1 aromatic heterocycles. The summed E-state index contributed by atoms with van der Waals surface area (Å²) in [6.07, 6.45) is 0. The maximum atomic E-state index is 12.8. The van der Waals surface area contributed by atoms with E-state index in [1.54, 1.807) is 27.9 Å². The number of nitrogens with zero attached hydrogens (tertiary/aromatic N) is 3. The van der Waals surface area contributed by atoms with Crippen molar-refractivity contribution in [2.75, 3.05) is 64.1 Å². The highest BCUT2D eigenvalue weighted by molar-refractivity contribution is 7.18. The quantitative estimate of drug-likeness (QED) is 0.474. The minimum absolute atomic E-state index is 0.0388. The van der Waals surface area contributed by atoms with Crippen molar-refractivity contribution in [2.45, 2.75) is 13.8 Å². The van der Waals surface area contributed by atoms with Crippen LogP contribution in [0, 0.1) is 6.92 Å². The number of ketones is 1. The van der Waals surface area contributed by atoms with Gasteiger partial charge in [0.05, 0.1) is 24.1 Å². The van der Waals surface area contributed by atoms with E-state index in [2.05, 4.69) is 10.2 Å². The molecule has 1 aromatic carbocycles. The van der Waals surface area contributed by atoms with Crippen molar-refractivity contribution in [3.63, 3.8) is 0 Å². The monoisotopic (exact) mass is 486 g/mol. The molecule has 2 heterocycles. The second-order valence-electron chi connectivity index (χ2n) is 8.37. The van der Waals surface area contributed by atoms with Crippen molar-refractivity contribution in [2.24, 2.45) is 0 Å². The molecular formula is C24H30N4O5S. The van der Waals surface area contributed by atoms with Crippen molar-refractivity contribution >= 4 is 45.6 Å². The summed E-state index contributed by atoms with van der Waals surface area (Å²) in [6, 6.07) is 7.54. The Labute approximate surface area is 203 Å². The first-order valence-electron chi connectivity index (χ1n) is 10.9. The molecule has 9 nitrogen and oxygen atoms in total. The van der Waals surface area contributed by atoms with Gasteiger partial charge in [0.25, 0.3) is 5.91 Å². The van der Waals surface area contributed by atoms with Crippen molar-refractivity contribution in [3.05, 3.63) is 45.8 Å². The fourth-order valence-corrected chi connectivity index (χ4v) is 5.03. The lowest BCUT2D eigenvalue weighted by Gasteiger charge is -2.35. The predicted octanol–water partition coefficient (Wildman–Crippen LogP) is 2.51. The van der Waals surface area contributed by atoms with Gasteiger partial charge in [0.2, 0.25) is 5.91 Å². The Kier molecular flexibility index (Phi) is 8.06. The summed E-state index contributed by atoms with van der Waals surface area (Å²) in [5.74, 6) is -1.04. The summed E-state index contributed by atoms with van der Waals surface area (Å²) in [5.41, 5.74) is 2.44. The first-order chi connectivity index (χ1) is 16.1. The molecule has 3 rings (SSSR count).